The zero-order valence-corrected chi connectivity index (χ0v) is 17.5. The van der Waals surface area contributed by atoms with Crippen LogP contribution in [-0.2, 0) is 12.8 Å². The van der Waals surface area contributed by atoms with Gasteiger partial charge in [0.1, 0.15) is 24.8 Å². The molecule has 0 unspecified atom stereocenters. The van der Waals surface area contributed by atoms with Crippen LogP contribution in [0.4, 0.5) is 30.9 Å². The molecule has 0 saturated heterocycles. The fraction of sp³-hybridized carbons (Fsp3) is 0.611. The van der Waals surface area contributed by atoms with E-state index in [0.717, 1.165) is 25.9 Å². The first-order chi connectivity index (χ1) is 12.6. The van der Waals surface area contributed by atoms with Gasteiger partial charge in [-0.2, -0.15) is 0 Å². The molecule has 1 N–H and O–H groups in total. The van der Waals surface area contributed by atoms with Crippen molar-refractivity contribution in [3.8, 4) is 0 Å². The van der Waals surface area contributed by atoms with Crippen molar-refractivity contribution in [3.63, 3.8) is 0 Å². The average molecular weight is 434 g/mol. The van der Waals surface area contributed by atoms with Gasteiger partial charge in [0, 0.05) is 0 Å². The molecule has 0 spiro atoms. The van der Waals surface area contributed by atoms with Crippen molar-refractivity contribution >= 4 is 19.8 Å². The second-order valence-corrected chi connectivity index (χ2v) is 9.05. The summed E-state index contributed by atoms with van der Waals surface area (Å²) in [5.74, 6) is 0.457. The summed E-state index contributed by atoms with van der Waals surface area (Å²) in [4.78, 5) is 2.38. The average Bonchev–Trinajstić information content (AvgIpc) is 3.00. The number of nitrogens with zero attached hydrogens (tertiary/aromatic N) is 2. The Morgan fingerprint density at radius 1 is 1.04 bits per heavy atom. The van der Waals surface area contributed by atoms with Gasteiger partial charge in [-0.1, -0.05) is 45.9 Å². The van der Waals surface area contributed by atoms with Gasteiger partial charge in [0.05, 0.1) is 6.61 Å². The number of benzene rings is 1. The van der Waals surface area contributed by atoms with Gasteiger partial charge < -0.3 is 5.11 Å². The van der Waals surface area contributed by atoms with Gasteiger partial charge in [0.2, 0.25) is 6.34 Å². The Kier molecular flexibility index (Phi) is 7.22. The summed E-state index contributed by atoms with van der Waals surface area (Å²) in [5, 5.41) is 9.64. The van der Waals surface area contributed by atoms with E-state index in [2.05, 4.69) is 61.7 Å². The fourth-order valence-corrected chi connectivity index (χ4v) is 3.22. The predicted molar refractivity (Wildman–Crippen MR) is 103 cm³/mol. The number of para-hydroxylation sites is 1. The second-order valence-electron chi connectivity index (χ2n) is 7.13. The zero-order chi connectivity index (χ0) is 21.8. The van der Waals surface area contributed by atoms with Crippen LogP contribution in [0.25, 0.3) is 0 Å². The molecule has 0 saturated carbocycles. The Hall–Kier alpha value is -1.34. The van der Waals surface area contributed by atoms with E-state index in [1.165, 1.54) is 16.8 Å². The molecule has 0 aliphatic carbocycles. The van der Waals surface area contributed by atoms with Gasteiger partial charge in [0.25, 0.3) is 0 Å². The Balaban J connectivity index is 0.000000480. The van der Waals surface area contributed by atoms with Gasteiger partial charge >= 0.3 is 33.0 Å². The van der Waals surface area contributed by atoms with Crippen LogP contribution in [0.2, 0.25) is 0 Å². The van der Waals surface area contributed by atoms with Crippen molar-refractivity contribution in [1.29, 1.82) is 0 Å². The quantitative estimate of drug-likeness (QED) is 0.334. The van der Waals surface area contributed by atoms with Crippen LogP contribution in [-0.4, -0.2) is 41.8 Å². The van der Waals surface area contributed by atoms with E-state index in [1.54, 1.807) is 0 Å². The molecule has 0 amide bonds. The van der Waals surface area contributed by atoms with E-state index < -0.39 is 7.81 Å². The zero-order valence-electron chi connectivity index (χ0n) is 16.6. The van der Waals surface area contributed by atoms with Crippen LogP contribution in [0.3, 0.4) is 0 Å². The maximum absolute atomic E-state index is 10.7. The van der Waals surface area contributed by atoms with Gasteiger partial charge in [-0.05, 0) is 29.9 Å². The second kappa shape index (κ2) is 8.19. The molecule has 1 aromatic rings. The summed E-state index contributed by atoms with van der Waals surface area (Å²) in [6.45, 7) is 11.0. The van der Waals surface area contributed by atoms with Crippen molar-refractivity contribution in [2.24, 2.45) is 5.92 Å². The standard InChI is InChI=1S/C18H29N2O.F6P/c1-5-15-8-7-9-16(6-2)18(15)20-11-10-19(13-20)17(12-21)14(3)4;1-7(2,3,4,5)6/h7-9,13-14,17,21H,5-6,10-12H2,1-4H3;/q+1;-1/t17-;/m1./s1. The van der Waals surface area contributed by atoms with E-state index in [4.69, 9.17) is 0 Å². The minimum absolute atomic E-state index is 0.217. The molecule has 3 nitrogen and oxygen atoms in total. The van der Waals surface area contributed by atoms with Gasteiger partial charge in [-0.15, -0.1) is 0 Å². The molecule has 164 valence electrons. The fourth-order valence-electron chi connectivity index (χ4n) is 3.22. The molecule has 28 heavy (non-hydrogen) atoms. The first kappa shape index (κ1) is 24.7. The molecule has 10 heteroatoms. The number of anilines is 1. The van der Waals surface area contributed by atoms with Crippen LogP contribution in [0.15, 0.2) is 18.2 Å². The predicted octanol–water partition coefficient (Wildman–Crippen LogP) is 6.07. The Morgan fingerprint density at radius 2 is 1.50 bits per heavy atom. The first-order valence-electron chi connectivity index (χ1n) is 9.22. The number of aliphatic hydroxyl groups is 1. The van der Waals surface area contributed by atoms with E-state index >= 15 is 0 Å². The Bertz CT molecular complexity index is 670. The third-order valence-electron chi connectivity index (χ3n) is 4.52. The number of hydrogen-bond acceptors (Lipinski definition) is 2. The van der Waals surface area contributed by atoms with E-state index in [0.29, 0.717) is 5.92 Å². The van der Waals surface area contributed by atoms with Crippen molar-refractivity contribution < 1.29 is 34.9 Å². The summed E-state index contributed by atoms with van der Waals surface area (Å²) in [6.07, 6.45) is 4.33. The summed E-state index contributed by atoms with van der Waals surface area (Å²) in [6, 6.07) is 6.85. The number of hydrogen-bond donors (Lipinski definition) is 1. The normalized spacial score (nSPS) is 18.1. The molecular formula is C18H29F6N2OP. The van der Waals surface area contributed by atoms with E-state index in [-0.39, 0.29) is 12.6 Å². The molecule has 1 atom stereocenters. The maximum atomic E-state index is 9.87. The van der Waals surface area contributed by atoms with E-state index in [9.17, 15) is 30.3 Å². The molecular weight excluding hydrogens is 405 g/mol. The van der Waals surface area contributed by atoms with Crippen LogP contribution in [0, 0.1) is 5.92 Å². The molecule has 1 aliphatic heterocycles. The molecule has 0 radical (unpaired) electrons. The summed E-state index contributed by atoms with van der Waals surface area (Å²) in [7, 11) is -10.7. The summed E-state index contributed by atoms with van der Waals surface area (Å²) < 4.78 is 61.5. The number of aryl methyl sites for hydroxylation is 2. The number of halogens is 6. The number of rotatable bonds is 6. The Labute approximate surface area is 161 Å². The van der Waals surface area contributed by atoms with E-state index in [1.807, 2.05) is 0 Å². The monoisotopic (exact) mass is 434 g/mol. The first-order valence-corrected chi connectivity index (χ1v) is 11.3. The topological polar surface area (TPSA) is 26.5 Å². The SMILES string of the molecule is CCc1cccc(CC)c1N1C=[N+]([C@H](CO)C(C)C)CC1.F[P-](F)(F)(F)(F)F. The van der Waals surface area contributed by atoms with Gasteiger partial charge in [0.15, 0.2) is 0 Å². The van der Waals surface area contributed by atoms with Gasteiger partial charge in [-0.3, -0.25) is 4.58 Å². The van der Waals surface area contributed by atoms with Crippen LogP contribution in [0.1, 0.15) is 38.8 Å². The molecule has 1 heterocycles. The van der Waals surface area contributed by atoms with Crippen molar-refractivity contribution in [3.05, 3.63) is 29.3 Å². The van der Waals surface area contributed by atoms with Crippen molar-refractivity contribution in [2.45, 2.75) is 46.6 Å². The van der Waals surface area contributed by atoms with Crippen molar-refractivity contribution in [1.82, 2.24) is 0 Å². The molecule has 1 aliphatic rings. The third-order valence-corrected chi connectivity index (χ3v) is 4.52. The Morgan fingerprint density at radius 3 is 1.86 bits per heavy atom. The molecule has 0 bridgehead atoms. The van der Waals surface area contributed by atoms with Crippen LogP contribution in [0.5, 0.6) is 0 Å². The molecule has 0 aromatic heterocycles. The molecule has 0 fully saturated rings. The van der Waals surface area contributed by atoms with Crippen molar-refractivity contribution in [2.75, 3.05) is 24.6 Å². The minimum atomic E-state index is -10.7. The third kappa shape index (κ3) is 8.78. The van der Waals surface area contributed by atoms with Crippen LogP contribution < -0.4 is 4.90 Å². The number of aliphatic hydroxyl groups excluding tert-OH is 1. The van der Waals surface area contributed by atoms with Gasteiger partial charge in [-0.25, -0.2) is 4.90 Å². The summed E-state index contributed by atoms with van der Waals surface area (Å²) >= 11 is 0. The summed E-state index contributed by atoms with van der Waals surface area (Å²) in [5.41, 5.74) is 4.21. The molecule has 2 rings (SSSR count). The molecule has 1 aromatic carbocycles. The van der Waals surface area contributed by atoms with Crippen LogP contribution >= 0.6 is 7.81 Å².